The zero-order valence-corrected chi connectivity index (χ0v) is 10.8. The minimum Gasteiger partial charge on any atom is -0.442 e. The Morgan fingerprint density at radius 2 is 1.58 bits per heavy atom. The van der Waals surface area contributed by atoms with Crippen LogP contribution < -0.4 is 0 Å². The van der Waals surface area contributed by atoms with Gasteiger partial charge in [0.25, 0.3) is 5.89 Å². The molecule has 2 heterocycles. The van der Waals surface area contributed by atoms with E-state index in [9.17, 15) is 0 Å². The number of benzene rings is 1. The van der Waals surface area contributed by atoms with E-state index in [4.69, 9.17) is 4.42 Å². The van der Waals surface area contributed by atoms with Crippen molar-refractivity contribution in [3.63, 3.8) is 0 Å². The lowest BCUT2D eigenvalue weighted by Crippen LogP contribution is -1.94. The Bertz CT molecular complexity index is 684. The predicted molar refractivity (Wildman–Crippen MR) is 72.4 cm³/mol. The van der Waals surface area contributed by atoms with Gasteiger partial charge in [0.2, 0.25) is 5.82 Å². The maximum atomic E-state index is 5.48. The lowest BCUT2D eigenvalue weighted by Gasteiger charge is -1.98. The highest BCUT2D eigenvalue weighted by Gasteiger charge is 2.11. The number of nitrogens with zero attached hydrogens (tertiary/aromatic N) is 3. The minimum atomic E-state index is 0.450. The molecular formula is C15H13N3O. The molecule has 0 aliphatic rings. The van der Waals surface area contributed by atoms with Crippen molar-refractivity contribution in [2.24, 2.45) is 0 Å². The molecule has 0 aliphatic carbocycles. The van der Waals surface area contributed by atoms with E-state index in [-0.39, 0.29) is 0 Å². The molecule has 4 nitrogen and oxygen atoms in total. The Labute approximate surface area is 111 Å². The third-order valence-electron chi connectivity index (χ3n) is 2.75. The first-order valence-electron chi connectivity index (χ1n) is 6.06. The summed E-state index contributed by atoms with van der Waals surface area (Å²) in [6, 6.07) is 11.8. The molecule has 0 saturated heterocycles. The van der Waals surface area contributed by atoms with Crippen molar-refractivity contribution >= 4 is 0 Å². The van der Waals surface area contributed by atoms with Crippen LogP contribution >= 0.6 is 0 Å². The fraction of sp³-hybridized carbons (Fsp3) is 0.133. The molecule has 2 aromatic heterocycles. The lowest BCUT2D eigenvalue weighted by molar-refractivity contribution is 0.568. The van der Waals surface area contributed by atoms with Gasteiger partial charge in [0, 0.05) is 17.0 Å². The van der Waals surface area contributed by atoms with Crippen LogP contribution in [0.4, 0.5) is 0 Å². The maximum absolute atomic E-state index is 5.48. The number of aromatic nitrogens is 3. The third kappa shape index (κ3) is 2.38. The van der Waals surface area contributed by atoms with Crippen LogP contribution in [0.1, 0.15) is 11.4 Å². The molecule has 0 fully saturated rings. The average molecular weight is 251 g/mol. The van der Waals surface area contributed by atoms with Gasteiger partial charge in [-0.15, -0.1) is 0 Å². The highest BCUT2D eigenvalue weighted by Crippen LogP contribution is 2.22. The topological polar surface area (TPSA) is 51.8 Å². The van der Waals surface area contributed by atoms with Crippen LogP contribution in [0.2, 0.25) is 0 Å². The van der Waals surface area contributed by atoms with E-state index < -0.39 is 0 Å². The van der Waals surface area contributed by atoms with Crippen molar-refractivity contribution in [3.05, 3.63) is 54.0 Å². The monoisotopic (exact) mass is 251 g/mol. The van der Waals surface area contributed by atoms with Gasteiger partial charge in [0.05, 0.1) is 0 Å². The second kappa shape index (κ2) is 4.65. The van der Waals surface area contributed by atoms with Gasteiger partial charge in [-0.1, -0.05) is 30.3 Å². The van der Waals surface area contributed by atoms with E-state index in [1.54, 1.807) is 6.26 Å². The van der Waals surface area contributed by atoms with Crippen LogP contribution in [0.5, 0.6) is 0 Å². The number of aryl methyl sites for hydroxylation is 2. The molecule has 3 rings (SSSR count). The van der Waals surface area contributed by atoms with Crippen LogP contribution in [-0.2, 0) is 0 Å². The van der Waals surface area contributed by atoms with Crippen LogP contribution in [0.3, 0.4) is 0 Å². The molecule has 0 amide bonds. The van der Waals surface area contributed by atoms with Gasteiger partial charge in [-0.25, -0.2) is 15.0 Å². The molecule has 0 aliphatic heterocycles. The zero-order valence-electron chi connectivity index (χ0n) is 10.8. The molecule has 0 N–H and O–H groups in total. The molecule has 0 saturated carbocycles. The molecule has 0 spiro atoms. The molecule has 0 radical (unpaired) electrons. The van der Waals surface area contributed by atoms with E-state index in [1.165, 1.54) is 0 Å². The fourth-order valence-electron chi connectivity index (χ4n) is 1.94. The van der Waals surface area contributed by atoms with Gasteiger partial charge in [-0.05, 0) is 19.9 Å². The molecule has 3 aromatic rings. The lowest BCUT2D eigenvalue weighted by atomic mass is 10.2. The van der Waals surface area contributed by atoms with Crippen molar-refractivity contribution in [2.75, 3.05) is 0 Å². The Hall–Kier alpha value is -2.49. The van der Waals surface area contributed by atoms with Crippen molar-refractivity contribution in [2.45, 2.75) is 13.8 Å². The smallest absolute Gasteiger partial charge is 0.265 e. The molecule has 4 heteroatoms. The maximum Gasteiger partial charge on any atom is 0.265 e. The number of rotatable bonds is 2. The second-order valence-electron chi connectivity index (χ2n) is 4.38. The molecule has 0 bridgehead atoms. The molecule has 19 heavy (non-hydrogen) atoms. The normalized spacial score (nSPS) is 10.6. The summed E-state index contributed by atoms with van der Waals surface area (Å²) in [5, 5.41) is 0. The Morgan fingerprint density at radius 3 is 2.26 bits per heavy atom. The quantitative estimate of drug-likeness (QED) is 0.700. The van der Waals surface area contributed by atoms with Crippen molar-refractivity contribution in [1.29, 1.82) is 0 Å². The van der Waals surface area contributed by atoms with E-state index >= 15 is 0 Å². The zero-order chi connectivity index (χ0) is 13.2. The summed E-state index contributed by atoms with van der Waals surface area (Å²) in [6.45, 7) is 3.86. The molecule has 0 atom stereocenters. The van der Waals surface area contributed by atoms with Crippen molar-refractivity contribution in [3.8, 4) is 23.0 Å². The van der Waals surface area contributed by atoms with E-state index in [2.05, 4.69) is 15.0 Å². The van der Waals surface area contributed by atoms with E-state index in [1.807, 2.05) is 50.2 Å². The predicted octanol–water partition coefficient (Wildman–Crippen LogP) is 3.42. The summed E-state index contributed by atoms with van der Waals surface area (Å²) >= 11 is 0. The first kappa shape index (κ1) is 11.6. The minimum absolute atomic E-state index is 0.450. The summed E-state index contributed by atoms with van der Waals surface area (Å²) in [7, 11) is 0. The SMILES string of the molecule is Cc1cc(C)nc(-c2nc(-c3ccccc3)co2)n1. The Morgan fingerprint density at radius 1 is 0.895 bits per heavy atom. The summed E-state index contributed by atoms with van der Waals surface area (Å²) in [5.41, 5.74) is 3.61. The number of hydrogen-bond donors (Lipinski definition) is 0. The van der Waals surface area contributed by atoms with Crippen LogP contribution in [0.25, 0.3) is 23.0 Å². The van der Waals surface area contributed by atoms with Crippen molar-refractivity contribution < 1.29 is 4.42 Å². The van der Waals surface area contributed by atoms with Crippen LogP contribution in [0.15, 0.2) is 47.1 Å². The highest BCUT2D eigenvalue weighted by atomic mass is 16.3. The van der Waals surface area contributed by atoms with Gasteiger partial charge >= 0.3 is 0 Å². The summed E-state index contributed by atoms with van der Waals surface area (Å²) in [5.74, 6) is 0.977. The van der Waals surface area contributed by atoms with Gasteiger partial charge in [-0.3, -0.25) is 0 Å². The highest BCUT2D eigenvalue weighted by molar-refractivity contribution is 5.60. The average Bonchev–Trinajstić information content (AvgIpc) is 2.88. The molecule has 1 aromatic carbocycles. The fourth-order valence-corrected chi connectivity index (χ4v) is 1.94. The summed E-state index contributed by atoms with van der Waals surface area (Å²) < 4.78 is 5.48. The molecular weight excluding hydrogens is 238 g/mol. The van der Waals surface area contributed by atoms with Gasteiger partial charge in [-0.2, -0.15) is 0 Å². The third-order valence-corrected chi connectivity index (χ3v) is 2.75. The van der Waals surface area contributed by atoms with E-state index in [0.29, 0.717) is 11.7 Å². The van der Waals surface area contributed by atoms with Crippen LogP contribution in [0, 0.1) is 13.8 Å². The van der Waals surface area contributed by atoms with Crippen LogP contribution in [-0.4, -0.2) is 15.0 Å². The van der Waals surface area contributed by atoms with Gasteiger partial charge in [0.1, 0.15) is 12.0 Å². The summed E-state index contributed by atoms with van der Waals surface area (Å²) in [4.78, 5) is 13.1. The molecule has 0 unspecified atom stereocenters. The van der Waals surface area contributed by atoms with E-state index in [0.717, 1.165) is 22.6 Å². The number of hydrogen-bond acceptors (Lipinski definition) is 4. The number of oxazole rings is 1. The van der Waals surface area contributed by atoms with Crippen molar-refractivity contribution in [1.82, 2.24) is 15.0 Å². The second-order valence-corrected chi connectivity index (χ2v) is 4.38. The Balaban J connectivity index is 2.02. The van der Waals surface area contributed by atoms with Gasteiger partial charge < -0.3 is 4.42 Å². The first-order chi connectivity index (χ1) is 9.22. The molecule has 94 valence electrons. The standard InChI is InChI=1S/C15H13N3O/c1-10-8-11(2)17-14(16-10)15-18-13(9-19-15)12-6-4-3-5-7-12/h3-9H,1-2H3. The largest absolute Gasteiger partial charge is 0.442 e. The summed E-state index contributed by atoms with van der Waals surface area (Å²) in [6.07, 6.45) is 1.63. The van der Waals surface area contributed by atoms with Gasteiger partial charge in [0.15, 0.2) is 0 Å². The first-order valence-corrected chi connectivity index (χ1v) is 6.06. The Kier molecular flexibility index (Phi) is 2.83.